The molecule has 1 aliphatic rings. The van der Waals surface area contributed by atoms with Crippen molar-refractivity contribution in [2.45, 2.75) is 38.5 Å². The number of nitrogens with one attached hydrogen (secondary N) is 1. The minimum absolute atomic E-state index is 0.0730. The zero-order valence-corrected chi connectivity index (χ0v) is 16.4. The molecule has 0 radical (unpaired) electrons. The molecule has 1 saturated heterocycles. The standard InChI is InChI=1S/C19H26ClN3O3/c1-5-6-12(2)26-17-10-15(21)14(20)9-13(17)19(24)22-16-7-8-23(3)11-18(16)25-4/h9-10,12,16,18H,7-8,11,21H2,1-4H3,(H,22,24)/t12-,16?,18?/m0/s1. The van der Waals surface area contributed by atoms with Gasteiger partial charge < -0.3 is 25.4 Å². The molecule has 3 N–H and O–H groups in total. The van der Waals surface area contributed by atoms with Gasteiger partial charge >= 0.3 is 0 Å². The van der Waals surface area contributed by atoms with Crippen molar-refractivity contribution in [3.05, 3.63) is 22.7 Å². The van der Waals surface area contributed by atoms with Crippen LogP contribution in [0.2, 0.25) is 5.02 Å². The molecule has 0 aromatic heterocycles. The topological polar surface area (TPSA) is 76.8 Å². The van der Waals surface area contributed by atoms with Crippen molar-refractivity contribution in [1.82, 2.24) is 10.2 Å². The number of hydrogen-bond donors (Lipinski definition) is 2. The van der Waals surface area contributed by atoms with Crippen LogP contribution in [-0.2, 0) is 4.74 Å². The second kappa shape index (κ2) is 9.13. The summed E-state index contributed by atoms with van der Waals surface area (Å²) in [6, 6.07) is 3.01. The minimum atomic E-state index is -0.373. The number of hydrogen-bond acceptors (Lipinski definition) is 5. The molecule has 0 spiro atoms. The van der Waals surface area contributed by atoms with Crippen molar-refractivity contribution in [2.75, 3.05) is 33.0 Å². The van der Waals surface area contributed by atoms with Gasteiger partial charge in [0, 0.05) is 19.7 Å². The Balaban J connectivity index is 2.23. The van der Waals surface area contributed by atoms with E-state index in [1.165, 1.54) is 6.07 Å². The number of likely N-dealkylation sites (N-methyl/N-ethyl adjacent to an activating group) is 1. The first-order valence-electron chi connectivity index (χ1n) is 8.55. The van der Waals surface area contributed by atoms with E-state index in [0.29, 0.717) is 22.0 Å². The first-order valence-corrected chi connectivity index (χ1v) is 8.93. The van der Waals surface area contributed by atoms with E-state index < -0.39 is 0 Å². The number of carbonyl (C=O) groups is 1. The number of nitrogens with two attached hydrogens (primary N) is 1. The Morgan fingerprint density at radius 2 is 2.23 bits per heavy atom. The number of piperidine rings is 1. The van der Waals surface area contributed by atoms with Gasteiger partial charge in [0.15, 0.2) is 6.10 Å². The maximum atomic E-state index is 12.9. The molecule has 7 heteroatoms. The highest BCUT2D eigenvalue weighted by Gasteiger charge is 2.30. The fourth-order valence-electron chi connectivity index (χ4n) is 2.99. The second-order valence-electron chi connectivity index (χ2n) is 6.43. The number of methoxy groups -OCH3 is 1. The van der Waals surface area contributed by atoms with Crippen LogP contribution in [0.15, 0.2) is 12.1 Å². The highest BCUT2D eigenvalue weighted by Crippen LogP contribution is 2.30. The average Bonchev–Trinajstić information content (AvgIpc) is 2.59. The number of nitrogens with zero attached hydrogens (tertiary/aromatic N) is 1. The molecule has 3 atom stereocenters. The highest BCUT2D eigenvalue weighted by molar-refractivity contribution is 6.33. The lowest BCUT2D eigenvalue weighted by atomic mass is 10.0. The van der Waals surface area contributed by atoms with Gasteiger partial charge in [-0.2, -0.15) is 0 Å². The first kappa shape index (κ1) is 20.4. The van der Waals surface area contributed by atoms with E-state index in [-0.39, 0.29) is 24.2 Å². The number of halogens is 1. The lowest BCUT2D eigenvalue weighted by Gasteiger charge is -2.36. The second-order valence-corrected chi connectivity index (χ2v) is 6.84. The number of benzene rings is 1. The van der Waals surface area contributed by atoms with Gasteiger partial charge in [0.2, 0.25) is 0 Å². The molecule has 26 heavy (non-hydrogen) atoms. The number of ether oxygens (including phenoxy) is 2. The normalized spacial score (nSPS) is 21.4. The van der Waals surface area contributed by atoms with Crippen LogP contribution in [0.3, 0.4) is 0 Å². The highest BCUT2D eigenvalue weighted by atomic mass is 35.5. The fourth-order valence-corrected chi connectivity index (χ4v) is 3.15. The van der Waals surface area contributed by atoms with Crippen LogP contribution in [0.1, 0.15) is 30.6 Å². The zero-order chi connectivity index (χ0) is 19.3. The molecule has 6 nitrogen and oxygen atoms in total. The Hall–Kier alpha value is -1.94. The third-order valence-electron chi connectivity index (χ3n) is 4.38. The molecule has 0 aliphatic carbocycles. The molecule has 142 valence electrons. The summed E-state index contributed by atoms with van der Waals surface area (Å²) >= 11 is 6.13. The van der Waals surface area contributed by atoms with E-state index in [4.69, 9.17) is 26.8 Å². The molecule has 0 bridgehead atoms. The molecule has 1 aromatic rings. The molecule has 0 saturated carbocycles. The van der Waals surface area contributed by atoms with Gasteiger partial charge in [-0.3, -0.25) is 4.79 Å². The van der Waals surface area contributed by atoms with Gasteiger partial charge in [-0.05, 0) is 39.9 Å². The third kappa shape index (κ3) is 5.04. The SMILES string of the molecule is CC#C[C@H](C)Oc1cc(N)c(Cl)cc1C(=O)NC1CCN(C)CC1OC. The molecule has 2 rings (SSSR count). The van der Waals surface area contributed by atoms with Gasteiger partial charge in [0.05, 0.1) is 28.4 Å². The van der Waals surface area contributed by atoms with Gasteiger partial charge in [0.25, 0.3) is 5.91 Å². The monoisotopic (exact) mass is 379 g/mol. The van der Waals surface area contributed by atoms with Crippen LogP contribution in [0.25, 0.3) is 0 Å². The molecule has 1 aliphatic heterocycles. The molecule has 1 aromatic carbocycles. The molecular formula is C19H26ClN3O3. The lowest BCUT2D eigenvalue weighted by Crippen LogP contribution is -2.53. The van der Waals surface area contributed by atoms with Gasteiger partial charge in [-0.25, -0.2) is 0 Å². The van der Waals surface area contributed by atoms with Crippen molar-refractivity contribution in [3.8, 4) is 17.6 Å². The van der Waals surface area contributed by atoms with Crippen LogP contribution >= 0.6 is 11.6 Å². The summed E-state index contributed by atoms with van der Waals surface area (Å²) in [6.07, 6.45) is 0.357. The number of rotatable bonds is 5. The Kier molecular flexibility index (Phi) is 7.15. The summed E-state index contributed by atoms with van der Waals surface area (Å²) in [5, 5.41) is 3.35. The molecule has 1 heterocycles. The summed E-state index contributed by atoms with van der Waals surface area (Å²) in [5.41, 5.74) is 6.56. The molecular weight excluding hydrogens is 354 g/mol. The Bertz CT molecular complexity index is 714. The van der Waals surface area contributed by atoms with Crippen LogP contribution in [0, 0.1) is 11.8 Å². The van der Waals surface area contributed by atoms with Crippen LogP contribution < -0.4 is 15.8 Å². The summed E-state index contributed by atoms with van der Waals surface area (Å²) in [4.78, 5) is 15.1. The summed E-state index contributed by atoms with van der Waals surface area (Å²) < 4.78 is 11.3. The van der Waals surface area contributed by atoms with Crippen LogP contribution in [0.5, 0.6) is 5.75 Å². The van der Waals surface area contributed by atoms with Gasteiger partial charge in [-0.1, -0.05) is 17.5 Å². The number of carbonyl (C=O) groups excluding carboxylic acids is 1. The van der Waals surface area contributed by atoms with Gasteiger partial charge in [0.1, 0.15) is 5.75 Å². The van der Waals surface area contributed by atoms with Crippen molar-refractivity contribution in [1.29, 1.82) is 0 Å². The van der Waals surface area contributed by atoms with E-state index in [1.807, 2.05) is 7.05 Å². The number of anilines is 1. The smallest absolute Gasteiger partial charge is 0.255 e. The van der Waals surface area contributed by atoms with E-state index in [2.05, 4.69) is 22.1 Å². The van der Waals surface area contributed by atoms with Crippen LogP contribution in [0.4, 0.5) is 5.69 Å². The summed E-state index contributed by atoms with van der Waals surface area (Å²) in [7, 11) is 3.69. The van der Waals surface area contributed by atoms with Crippen molar-refractivity contribution in [3.63, 3.8) is 0 Å². The van der Waals surface area contributed by atoms with E-state index in [9.17, 15) is 4.79 Å². The van der Waals surface area contributed by atoms with Gasteiger partial charge in [-0.15, -0.1) is 5.92 Å². The summed E-state index contributed by atoms with van der Waals surface area (Å²) in [6.45, 7) is 5.19. The van der Waals surface area contributed by atoms with E-state index in [0.717, 1.165) is 19.5 Å². The lowest BCUT2D eigenvalue weighted by molar-refractivity contribution is 0.0141. The number of nitrogen functional groups attached to an aromatic ring is 1. The molecule has 2 unspecified atom stereocenters. The maximum absolute atomic E-state index is 12.9. The average molecular weight is 380 g/mol. The largest absolute Gasteiger partial charge is 0.477 e. The first-order chi connectivity index (χ1) is 12.3. The number of amides is 1. The van der Waals surface area contributed by atoms with E-state index in [1.54, 1.807) is 27.0 Å². The summed E-state index contributed by atoms with van der Waals surface area (Å²) in [5.74, 6) is 5.78. The van der Waals surface area contributed by atoms with Crippen molar-refractivity contribution in [2.24, 2.45) is 0 Å². The predicted octanol–water partition coefficient (Wildman–Crippen LogP) is 2.16. The fraction of sp³-hybridized carbons (Fsp3) is 0.526. The Labute approximate surface area is 160 Å². The third-order valence-corrected chi connectivity index (χ3v) is 4.70. The molecule has 1 amide bonds. The Morgan fingerprint density at radius 3 is 2.88 bits per heavy atom. The predicted molar refractivity (Wildman–Crippen MR) is 104 cm³/mol. The number of likely N-dealkylation sites (tertiary alicyclic amines) is 1. The van der Waals surface area contributed by atoms with E-state index >= 15 is 0 Å². The minimum Gasteiger partial charge on any atom is -0.477 e. The molecule has 1 fully saturated rings. The zero-order valence-electron chi connectivity index (χ0n) is 15.6. The van der Waals surface area contributed by atoms with Crippen LogP contribution in [-0.4, -0.2) is 56.3 Å². The Morgan fingerprint density at radius 1 is 1.50 bits per heavy atom. The quantitative estimate of drug-likeness (QED) is 0.605. The maximum Gasteiger partial charge on any atom is 0.255 e. The van der Waals surface area contributed by atoms with Crippen molar-refractivity contribution < 1.29 is 14.3 Å². The van der Waals surface area contributed by atoms with Crippen molar-refractivity contribution >= 4 is 23.2 Å².